The molecule has 0 fully saturated rings. The molecular formula is C16H14ClN3O4S. The van der Waals surface area contributed by atoms with Gasteiger partial charge in [-0.15, -0.1) is 0 Å². The fourth-order valence-corrected chi connectivity index (χ4v) is 3.29. The van der Waals surface area contributed by atoms with Crippen LogP contribution in [-0.4, -0.2) is 22.5 Å². The maximum atomic E-state index is 12.7. The Labute approximate surface area is 147 Å². The molecule has 3 aromatic rings. The average Bonchev–Trinajstić information content (AvgIpc) is 2.59. The summed E-state index contributed by atoms with van der Waals surface area (Å²) < 4.78 is 25.5. The second-order valence-corrected chi connectivity index (χ2v) is 7.95. The highest BCUT2D eigenvalue weighted by atomic mass is 35.7. The van der Waals surface area contributed by atoms with E-state index in [1.165, 1.54) is 4.57 Å². The summed E-state index contributed by atoms with van der Waals surface area (Å²) in [5.41, 5.74) is -0.130. The Morgan fingerprint density at radius 3 is 2.40 bits per heavy atom. The third-order valence-electron chi connectivity index (χ3n) is 3.82. The molecule has 9 heteroatoms. The number of fused-ring (bicyclic) bond motifs is 1. The van der Waals surface area contributed by atoms with E-state index in [0.29, 0.717) is 0 Å². The Morgan fingerprint density at radius 2 is 1.80 bits per heavy atom. The van der Waals surface area contributed by atoms with Crippen molar-refractivity contribution in [1.82, 2.24) is 14.1 Å². The van der Waals surface area contributed by atoms with Gasteiger partial charge in [0.2, 0.25) is 0 Å². The van der Waals surface area contributed by atoms with E-state index in [9.17, 15) is 18.0 Å². The third kappa shape index (κ3) is 3.22. The van der Waals surface area contributed by atoms with Crippen LogP contribution in [0.3, 0.4) is 0 Å². The van der Waals surface area contributed by atoms with Gasteiger partial charge >= 0.3 is 5.69 Å². The van der Waals surface area contributed by atoms with E-state index in [4.69, 9.17) is 10.7 Å². The number of halogens is 1. The zero-order valence-corrected chi connectivity index (χ0v) is 14.8. The van der Waals surface area contributed by atoms with E-state index in [0.717, 1.165) is 22.4 Å². The van der Waals surface area contributed by atoms with E-state index in [-0.39, 0.29) is 29.0 Å². The van der Waals surface area contributed by atoms with E-state index >= 15 is 0 Å². The van der Waals surface area contributed by atoms with Crippen LogP contribution in [0.4, 0.5) is 0 Å². The summed E-state index contributed by atoms with van der Waals surface area (Å²) in [5.74, 6) is 0. The van der Waals surface area contributed by atoms with Crippen LogP contribution in [0.2, 0.25) is 0 Å². The van der Waals surface area contributed by atoms with E-state index in [2.05, 4.69) is 4.98 Å². The zero-order valence-electron chi connectivity index (χ0n) is 13.2. The molecule has 0 atom stereocenters. The lowest BCUT2D eigenvalue weighted by Crippen LogP contribution is -2.40. The quantitative estimate of drug-likeness (QED) is 0.641. The molecule has 0 aliphatic heterocycles. The average molecular weight is 380 g/mol. The van der Waals surface area contributed by atoms with Crippen molar-refractivity contribution in [3.05, 3.63) is 69.0 Å². The Bertz CT molecular complexity index is 1170. The van der Waals surface area contributed by atoms with E-state index < -0.39 is 20.3 Å². The summed E-state index contributed by atoms with van der Waals surface area (Å²) in [5, 5.41) is 0.0270. The van der Waals surface area contributed by atoms with Gasteiger partial charge < -0.3 is 0 Å². The fraction of sp³-hybridized carbons (Fsp3) is 0.188. The van der Waals surface area contributed by atoms with Crippen molar-refractivity contribution in [2.45, 2.75) is 24.9 Å². The van der Waals surface area contributed by atoms with Crippen molar-refractivity contribution in [3.63, 3.8) is 0 Å². The van der Waals surface area contributed by atoms with Gasteiger partial charge in [0.15, 0.2) is 0 Å². The first kappa shape index (κ1) is 17.4. The van der Waals surface area contributed by atoms with Crippen LogP contribution in [0, 0.1) is 0 Å². The summed E-state index contributed by atoms with van der Waals surface area (Å²) in [6.45, 7) is 2.02. The SMILES string of the molecule is CCn1c(=O)c2cc(S(=O)(=O)Cl)cnc2n(Cc2ccccc2)c1=O. The second kappa shape index (κ2) is 6.45. The van der Waals surface area contributed by atoms with Gasteiger partial charge in [-0.3, -0.25) is 13.9 Å². The molecule has 0 aliphatic rings. The minimum absolute atomic E-state index is 0.0270. The molecule has 0 spiro atoms. The van der Waals surface area contributed by atoms with Gasteiger partial charge in [-0.05, 0) is 18.6 Å². The lowest BCUT2D eigenvalue weighted by Gasteiger charge is -2.13. The van der Waals surface area contributed by atoms with Crippen LogP contribution >= 0.6 is 10.7 Å². The summed E-state index contributed by atoms with van der Waals surface area (Å²) in [4.78, 5) is 28.9. The molecule has 3 rings (SSSR count). The first-order chi connectivity index (χ1) is 11.8. The number of hydrogen-bond acceptors (Lipinski definition) is 5. The molecule has 130 valence electrons. The predicted octanol–water partition coefficient (Wildman–Crippen LogP) is 1.55. The number of pyridine rings is 1. The number of rotatable bonds is 4. The molecule has 2 aromatic heterocycles. The molecule has 0 bridgehead atoms. The minimum atomic E-state index is -4.04. The number of hydrogen-bond donors (Lipinski definition) is 0. The largest absolute Gasteiger partial charge is 0.332 e. The Balaban J connectivity index is 2.36. The third-order valence-corrected chi connectivity index (χ3v) is 5.14. The molecule has 7 nitrogen and oxygen atoms in total. The van der Waals surface area contributed by atoms with Crippen LogP contribution < -0.4 is 11.2 Å². The van der Waals surface area contributed by atoms with Crippen LogP contribution in [0.25, 0.3) is 11.0 Å². The highest BCUT2D eigenvalue weighted by molar-refractivity contribution is 8.13. The van der Waals surface area contributed by atoms with Crippen molar-refractivity contribution in [1.29, 1.82) is 0 Å². The van der Waals surface area contributed by atoms with Crippen LogP contribution in [0.5, 0.6) is 0 Å². The summed E-state index contributed by atoms with van der Waals surface area (Å²) in [6, 6.07) is 10.4. The van der Waals surface area contributed by atoms with E-state index in [1.54, 1.807) is 6.92 Å². The minimum Gasteiger partial charge on any atom is -0.273 e. The van der Waals surface area contributed by atoms with Crippen molar-refractivity contribution in [2.75, 3.05) is 0 Å². The standard InChI is InChI=1S/C16H14ClN3O4S/c1-2-19-15(21)13-8-12(25(17,23)24)9-18-14(13)20(16(19)22)10-11-6-4-3-5-7-11/h3-9H,2,10H2,1H3. The van der Waals surface area contributed by atoms with Crippen LogP contribution in [0.15, 0.2) is 57.1 Å². The summed E-state index contributed by atoms with van der Waals surface area (Å²) >= 11 is 0. The Morgan fingerprint density at radius 1 is 1.12 bits per heavy atom. The predicted molar refractivity (Wildman–Crippen MR) is 94.5 cm³/mol. The zero-order chi connectivity index (χ0) is 18.2. The highest BCUT2D eigenvalue weighted by Gasteiger charge is 2.18. The van der Waals surface area contributed by atoms with Gasteiger partial charge in [-0.25, -0.2) is 18.2 Å². The molecule has 0 N–H and O–H groups in total. The van der Waals surface area contributed by atoms with Gasteiger partial charge in [-0.1, -0.05) is 30.3 Å². The monoisotopic (exact) mass is 379 g/mol. The molecule has 0 unspecified atom stereocenters. The molecule has 1 aromatic carbocycles. The number of aromatic nitrogens is 3. The normalized spacial score (nSPS) is 11.8. The van der Waals surface area contributed by atoms with Gasteiger partial charge in [0.1, 0.15) is 10.5 Å². The Kier molecular flexibility index (Phi) is 4.49. The second-order valence-electron chi connectivity index (χ2n) is 5.38. The van der Waals surface area contributed by atoms with Gasteiger partial charge in [0, 0.05) is 23.4 Å². The molecule has 2 heterocycles. The van der Waals surface area contributed by atoms with Gasteiger partial charge in [0.05, 0.1) is 11.9 Å². The van der Waals surface area contributed by atoms with Crippen molar-refractivity contribution in [2.24, 2.45) is 0 Å². The lowest BCUT2D eigenvalue weighted by molar-refractivity contribution is 0.607. The van der Waals surface area contributed by atoms with Crippen molar-refractivity contribution >= 4 is 30.8 Å². The summed E-state index contributed by atoms with van der Waals surface area (Å²) in [7, 11) is 1.30. The van der Waals surface area contributed by atoms with E-state index in [1.807, 2.05) is 30.3 Å². The van der Waals surface area contributed by atoms with Crippen molar-refractivity contribution < 1.29 is 8.42 Å². The fourth-order valence-electron chi connectivity index (χ4n) is 2.60. The number of nitrogens with zero attached hydrogens (tertiary/aromatic N) is 3. The maximum absolute atomic E-state index is 12.7. The molecule has 0 aliphatic carbocycles. The highest BCUT2D eigenvalue weighted by Crippen LogP contribution is 2.17. The summed E-state index contributed by atoms with van der Waals surface area (Å²) in [6.07, 6.45) is 1.04. The van der Waals surface area contributed by atoms with Crippen molar-refractivity contribution in [3.8, 4) is 0 Å². The molecule has 0 saturated carbocycles. The molecule has 25 heavy (non-hydrogen) atoms. The van der Waals surface area contributed by atoms with Crippen LogP contribution in [-0.2, 0) is 22.1 Å². The van der Waals surface area contributed by atoms with Crippen LogP contribution in [0.1, 0.15) is 12.5 Å². The molecular weight excluding hydrogens is 366 g/mol. The number of benzene rings is 1. The van der Waals surface area contributed by atoms with Gasteiger partial charge in [-0.2, -0.15) is 0 Å². The van der Waals surface area contributed by atoms with Gasteiger partial charge in [0.25, 0.3) is 14.6 Å². The first-order valence-electron chi connectivity index (χ1n) is 7.45. The lowest BCUT2D eigenvalue weighted by atomic mass is 10.2. The smallest absolute Gasteiger partial charge is 0.273 e. The molecule has 0 saturated heterocycles. The molecule has 0 radical (unpaired) electrons. The first-order valence-corrected chi connectivity index (χ1v) is 9.76. The topological polar surface area (TPSA) is 91.0 Å². The Hall–Kier alpha value is -2.45. The maximum Gasteiger partial charge on any atom is 0.332 e. The molecule has 0 amide bonds.